The van der Waals surface area contributed by atoms with Crippen LogP contribution in [-0.4, -0.2) is 10.2 Å². The minimum Gasteiger partial charge on any atom is -0.507 e. The van der Waals surface area contributed by atoms with Gasteiger partial charge < -0.3 is 10.2 Å². The predicted molar refractivity (Wildman–Crippen MR) is 152 cm³/mol. The minimum absolute atomic E-state index is 0.0357. The van der Waals surface area contributed by atoms with Crippen molar-refractivity contribution in [1.82, 2.24) is 0 Å². The molecule has 198 valence electrons. The quantitative estimate of drug-likeness (QED) is 0.367. The molecule has 2 fully saturated rings. The third-order valence-electron chi connectivity index (χ3n) is 9.98. The zero-order chi connectivity index (χ0) is 26.1. The van der Waals surface area contributed by atoms with E-state index in [0.717, 1.165) is 60.8 Å². The molecule has 0 saturated heterocycles. The van der Waals surface area contributed by atoms with Gasteiger partial charge in [-0.2, -0.15) is 0 Å². The Bertz CT molecular complexity index is 1060. The van der Waals surface area contributed by atoms with E-state index in [1.54, 1.807) is 0 Å². The third-order valence-corrected chi connectivity index (χ3v) is 9.98. The topological polar surface area (TPSA) is 40.5 Å². The maximum Gasteiger partial charge on any atom is 0.123 e. The molecule has 2 N–H and O–H groups in total. The van der Waals surface area contributed by atoms with Crippen LogP contribution >= 0.6 is 0 Å². The molecule has 2 nitrogen and oxygen atoms in total. The third kappa shape index (κ3) is 5.07. The van der Waals surface area contributed by atoms with Crippen molar-refractivity contribution in [1.29, 1.82) is 0 Å². The van der Waals surface area contributed by atoms with E-state index in [4.69, 9.17) is 0 Å². The highest BCUT2D eigenvalue weighted by Crippen LogP contribution is 2.53. The summed E-state index contributed by atoms with van der Waals surface area (Å²) in [5.74, 6) is 1.47. The van der Waals surface area contributed by atoms with Crippen molar-refractivity contribution < 1.29 is 10.2 Å². The van der Waals surface area contributed by atoms with Crippen molar-refractivity contribution in [3.8, 4) is 11.5 Å². The van der Waals surface area contributed by atoms with Crippen LogP contribution in [0, 0.1) is 19.8 Å². The van der Waals surface area contributed by atoms with Crippen molar-refractivity contribution in [3.05, 3.63) is 57.6 Å². The Balaban J connectivity index is 1.88. The molecule has 0 bridgehead atoms. The maximum absolute atomic E-state index is 11.9. The smallest absolute Gasteiger partial charge is 0.123 e. The monoisotopic (exact) mass is 490 g/mol. The van der Waals surface area contributed by atoms with E-state index in [1.807, 2.05) is 0 Å². The molecular formula is C34H50O2. The van der Waals surface area contributed by atoms with Crippen LogP contribution in [0.4, 0.5) is 0 Å². The molecule has 0 spiro atoms. The highest BCUT2D eigenvalue weighted by Gasteiger charge is 2.39. The summed E-state index contributed by atoms with van der Waals surface area (Å²) in [6.45, 7) is 13.5. The minimum atomic E-state index is -0.0413. The molecule has 0 radical (unpaired) electrons. The van der Waals surface area contributed by atoms with Crippen LogP contribution in [0.5, 0.6) is 11.5 Å². The average molecular weight is 491 g/mol. The van der Waals surface area contributed by atoms with Gasteiger partial charge in [-0.1, -0.05) is 102 Å². The van der Waals surface area contributed by atoms with Crippen molar-refractivity contribution in [2.45, 2.75) is 135 Å². The standard InChI is InChI=1S/C34H50O2/c1-7-9-16-33(5,8-2)28-21-23(3)19-26(31(28)35)30(25-14-13-15-25)27-20-24(4)22-29(32(27)36)34(6)17-11-10-12-18-34/h19-22,25,30,35-36H,7-18H2,1-6H3. The fourth-order valence-corrected chi connectivity index (χ4v) is 7.13. The molecule has 2 aromatic rings. The number of rotatable bonds is 9. The molecule has 2 aliphatic carbocycles. The number of phenols is 2. The molecule has 2 unspecified atom stereocenters. The molecule has 2 heteroatoms. The summed E-state index contributed by atoms with van der Waals surface area (Å²) in [4.78, 5) is 0. The summed E-state index contributed by atoms with van der Waals surface area (Å²) in [5.41, 5.74) is 6.74. The van der Waals surface area contributed by atoms with Gasteiger partial charge in [-0.15, -0.1) is 0 Å². The summed E-state index contributed by atoms with van der Waals surface area (Å²) in [6, 6.07) is 8.88. The molecule has 2 atom stereocenters. The van der Waals surface area contributed by atoms with Gasteiger partial charge in [-0.3, -0.25) is 0 Å². The predicted octanol–water partition coefficient (Wildman–Crippen LogP) is 9.73. The molecule has 4 rings (SSSR count). The second-order valence-electron chi connectivity index (χ2n) is 12.8. The Morgan fingerprint density at radius 1 is 0.889 bits per heavy atom. The van der Waals surface area contributed by atoms with Crippen LogP contribution in [0.2, 0.25) is 0 Å². The van der Waals surface area contributed by atoms with Crippen LogP contribution < -0.4 is 0 Å². The van der Waals surface area contributed by atoms with Gasteiger partial charge in [0.25, 0.3) is 0 Å². The van der Waals surface area contributed by atoms with E-state index >= 15 is 0 Å². The van der Waals surface area contributed by atoms with Crippen LogP contribution in [0.15, 0.2) is 24.3 Å². The Morgan fingerprint density at radius 2 is 1.50 bits per heavy atom. The van der Waals surface area contributed by atoms with Gasteiger partial charge >= 0.3 is 0 Å². The first-order chi connectivity index (χ1) is 17.1. The molecule has 0 heterocycles. The van der Waals surface area contributed by atoms with Gasteiger partial charge in [0.15, 0.2) is 0 Å². The van der Waals surface area contributed by atoms with Gasteiger partial charge in [0.05, 0.1) is 0 Å². The zero-order valence-electron chi connectivity index (χ0n) is 23.8. The fourth-order valence-electron chi connectivity index (χ4n) is 7.13. The Labute approximate surface area is 220 Å². The van der Waals surface area contributed by atoms with Crippen molar-refractivity contribution in [2.24, 2.45) is 5.92 Å². The maximum atomic E-state index is 11.9. The average Bonchev–Trinajstić information content (AvgIpc) is 2.83. The van der Waals surface area contributed by atoms with E-state index in [1.165, 1.54) is 49.7 Å². The number of aryl methyl sites for hydroxylation is 2. The van der Waals surface area contributed by atoms with Crippen LogP contribution in [-0.2, 0) is 10.8 Å². The first kappa shape index (κ1) is 27.1. The lowest BCUT2D eigenvalue weighted by molar-refractivity contribution is 0.271. The number of hydrogen-bond donors (Lipinski definition) is 2. The Hall–Kier alpha value is -1.96. The fraction of sp³-hybridized carbons (Fsp3) is 0.647. The van der Waals surface area contributed by atoms with Gasteiger partial charge in [0.2, 0.25) is 0 Å². The first-order valence-electron chi connectivity index (χ1n) is 14.8. The lowest BCUT2D eigenvalue weighted by Crippen LogP contribution is -2.27. The SMILES string of the molecule is CCCCC(C)(CC)c1cc(C)cc(C(c2cc(C)cc(C3(C)CCCCC3)c2O)C2CCC2)c1O. The summed E-state index contributed by atoms with van der Waals surface area (Å²) < 4.78 is 0. The zero-order valence-corrected chi connectivity index (χ0v) is 23.8. The van der Waals surface area contributed by atoms with Crippen LogP contribution in [0.1, 0.15) is 144 Å². The number of unbranched alkanes of at least 4 members (excludes halogenated alkanes) is 1. The molecule has 36 heavy (non-hydrogen) atoms. The van der Waals surface area contributed by atoms with Crippen LogP contribution in [0.25, 0.3) is 0 Å². The van der Waals surface area contributed by atoms with Gasteiger partial charge in [-0.05, 0) is 69.1 Å². The van der Waals surface area contributed by atoms with E-state index < -0.39 is 0 Å². The number of benzene rings is 2. The molecule has 0 aromatic heterocycles. The second-order valence-corrected chi connectivity index (χ2v) is 12.8. The van der Waals surface area contributed by atoms with Gasteiger partial charge in [-0.25, -0.2) is 0 Å². The lowest BCUT2D eigenvalue weighted by Gasteiger charge is -2.39. The van der Waals surface area contributed by atoms with Gasteiger partial charge in [0, 0.05) is 28.2 Å². The number of aromatic hydroxyl groups is 2. The van der Waals surface area contributed by atoms with Crippen molar-refractivity contribution in [2.75, 3.05) is 0 Å². The van der Waals surface area contributed by atoms with E-state index in [9.17, 15) is 10.2 Å². The number of phenolic OH excluding ortho intramolecular Hbond substituents is 2. The van der Waals surface area contributed by atoms with E-state index in [0.29, 0.717) is 17.4 Å². The summed E-state index contributed by atoms with van der Waals surface area (Å²) >= 11 is 0. The van der Waals surface area contributed by atoms with Crippen LogP contribution in [0.3, 0.4) is 0 Å². The highest BCUT2D eigenvalue weighted by molar-refractivity contribution is 5.57. The van der Waals surface area contributed by atoms with Crippen molar-refractivity contribution in [3.63, 3.8) is 0 Å². The Kier molecular flexibility index (Phi) is 8.13. The highest BCUT2D eigenvalue weighted by atomic mass is 16.3. The van der Waals surface area contributed by atoms with Gasteiger partial charge in [0.1, 0.15) is 11.5 Å². The Morgan fingerprint density at radius 3 is 2.06 bits per heavy atom. The molecular weight excluding hydrogens is 440 g/mol. The summed E-state index contributed by atoms with van der Waals surface area (Å²) in [7, 11) is 0. The second kappa shape index (κ2) is 10.8. The van der Waals surface area contributed by atoms with E-state index in [-0.39, 0.29) is 16.7 Å². The van der Waals surface area contributed by atoms with E-state index in [2.05, 4.69) is 65.8 Å². The molecule has 2 aliphatic rings. The summed E-state index contributed by atoms with van der Waals surface area (Å²) in [5, 5.41) is 23.8. The molecule has 2 saturated carbocycles. The largest absolute Gasteiger partial charge is 0.507 e. The molecule has 0 aliphatic heterocycles. The first-order valence-corrected chi connectivity index (χ1v) is 14.8. The number of hydrogen-bond acceptors (Lipinski definition) is 2. The summed E-state index contributed by atoms with van der Waals surface area (Å²) in [6.07, 6.45) is 14.0. The molecule has 0 amide bonds. The molecule has 2 aromatic carbocycles. The normalized spacial score (nSPS) is 20.5. The lowest BCUT2D eigenvalue weighted by atomic mass is 9.65. The van der Waals surface area contributed by atoms with Crippen molar-refractivity contribution >= 4 is 0 Å².